The highest BCUT2D eigenvalue weighted by Crippen LogP contribution is 2.27. The second-order valence-electron chi connectivity index (χ2n) is 7.67. The quantitative estimate of drug-likeness (QED) is 0.627. The molecule has 0 aromatic carbocycles. The van der Waals surface area contributed by atoms with Crippen molar-refractivity contribution in [1.29, 1.82) is 0 Å². The molecule has 0 atom stereocenters. The first-order valence-electron chi connectivity index (χ1n) is 9.68. The van der Waals surface area contributed by atoms with Gasteiger partial charge in [0.1, 0.15) is 5.01 Å². The lowest BCUT2D eigenvalue weighted by Gasteiger charge is -2.43. The van der Waals surface area contributed by atoms with Gasteiger partial charge in [-0.05, 0) is 52.6 Å². The molecule has 0 amide bonds. The van der Waals surface area contributed by atoms with Gasteiger partial charge in [0, 0.05) is 44.3 Å². The first-order valence-corrected chi connectivity index (χ1v) is 10.5. The number of fused-ring (bicyclic) bond motifs is 1. The normalized spacial score (nSPS) is 20.1. The summed E-state index contributed by atoms with van der Waals surface area (Å²) < 4.78 is 5.57. The molecule has 0 saturated carbocycles. The van der Waals surface area contributed by atoms with Crippen molar-refractivity contribution < 1.29 is 4.74 Å². The van der Waals surface area contributed by atoms with Crippen LogP contribution >= 0.6 is 11.3 Å². The molecule has 1 aliphatic carbocycles. The van der Waals surface area contributed by atoms with Gasteiger partial charge in [0.25, 0.3) is 0 Å². The molecule has 1 fully saturated rings. The minimum absolute atomic E-state index is 0.134. The molecular formula is C19H33N5OS. The van der Waals surface area contributed by atoms with E-state index in [9.17, 15) is 0 Å². The largest absolute Gasteiger partial charge is 0.381 e. The van der Waals surface area contributed by atoms with Gasteiger partial charge in [0.2, 0.25) is 0 Å². The second-order valence-corrected chi connectivity index (χ2v) is 8.84. The molecule has 1 aromatic heterocycles. The number of hydrogen-bond donors (Lipinski definition) is 1. The van der Waals surface area contributed by atoms with Crippen molar-refractivity contribution in [3.63, 3.8) is 0 Å². The predicted octanol–water partition coefficient (Wildman–Crippen LogP) is 2.14. The maximum atomic E-state index is 5.57. The topological polar surface area (TPSA) is 53.0 Å². The van der Waals surface area contributed by atoms with E-state index in [-0.39, 0.29) is 5.54 Å². The Labute approximate surface area is 161 Å². The number of likely N-dealkylation sites (N-methyl/N-ethyl adjacent to an activating group) is 1. The Morgan fingerprint density at radius 3 is 2.62 bits per heavy atom. The molecule has 0 bridgehead atoms. The Kier molecular flexibility index (Phi) is 6.53. The zero-order valence-electron chi connectivity index (χ0n) is 16.7. The van der Waals surface area contributed by atoms with Crippen LogP contribution in [0.25, 0.3) is 0 Å². The van der Waals surface area contributed by atoms with E-state index in [0.717, 1.165) is 51.5 Å². The second kappa shape index (κ2) is 8.67. The average Bonchev–Trinajstić information content (AvgIpc) is 3.05. The molecule has 2 heterocycles. The monoisotopic (exact) mass is 379 g/mol. The third kappa shape index (κ3) is 4.38. The number of aryl methyl sites for hydroxylation is 2. The Morgan fingerprint density at radius 1 is 1.23 bits per heavy atom. The highest BCUT2D eigenvalue weighted by Gasteiger charge is 2.35. The first-order chi connectivity index (χ1) is 12.5. The van der Waals surface area contributed by atoms with Crippen molar-refractivity contribution in [2.45, 2.75) is 50.6 Å². The number of thiazole rings is 1. The summed E-state index contributed by atoms with van der Waals surface area (Å²) in [5.74, 6) is 0.936. The Balaban J connectivity index is 1.60. The number of ether oxygens (including phenoxy) is 1. The maximum absolute atomic E-state index is 5.57. The summed E-state index contributed by atoms with van der Waals surface area (Å²) in [6.45, 7) is 3.36. The molecule has 26 heavy (non-hydrogen) atoms. The molecule has 1 saturated heterocycles. The first kappa shape index (κ1) is 19.6. The van der Waals surface area contributed by atoms with Crippen molar-refractivity contribution >= 4 is 17.3 Å². The van der Waals surface area contributed by atoms with Gasteiger partial charge in [0.05, 0.1) is 12.2 Å². The summed E-state index contributed by atoms with van der Waals surface area (Å²) in [6.07, 6.45) is 7.04. The minimum atomic E-state index is 0.134. The van der Waals surface area contributed by atoms with E-state index in [0.29, 0.717) is 0 Å². The molecule has 3 rings (SSSR count). The maximum Gasteiger partial charge on any atom is 0.193 e. The Bertz CT molecular complexity index is 598. The van der Waals surface area contributed by atoms with E-state index in [4.69, 9.17) is 9.72 Å². The summed E-state index contributed by atoms with van der Waals surface area (Å²) in [5.41, 5.74) is 1.47. The molecule has 0 unspecified atom stereocenters. The van der Waals surface area contributed by atoms with Crippen LogP contribution in [0.1, 0.15) is 41.3 Å². The van der Waals surface area contributed by atoms with E-state index in [1.807, 2.05) is 18.4 Å². The van der Waals surface area contributed by atoms with Crippen molar-refractivity contribution in [2.75, 3.05) is 47.9 Å². The molecule has 7 heteroatoms. The van der Waals surface area contributed by atoms with E-state index < -0.39 is 0 Å². The molecule has 1 aromatic rings. The summed E-state index contributed by atoms with van der Waals surface area (Å²) >= 11 is 1.88. The van der Waals surface area contributed by atoms with Crippen LogP contribution in [-0.2, 0) is 24.1 Å². The van der Waals surface area contributed by atoms with Crippen LogP contribution in [0.5, 0.6) is 0 Å². The van der Waals surface area contributed by atoms with Gasteiger partial charge < -0.3 is 19.9 Å². The smallest absolute Gasteiger partial charge is 0.193 e. The molecule has 1 N–H and O–H groups in total. The average molecular weight is 380 g/mol. The lowest BCUT2D eigenvalue weighted by molar-refractivity contribution is -0.00522. The predicted molar refractivity (Wildman–Crippen MR) is 108 cm³/mol. The van der Waals surface area contributed by atoms with Crippen molar-refractivity contribution in [2.24, 2.45) is 4.99 Å². The van der Waals surface area contributed by atoms with Gasteiger partial charge in [-0.3, -0.25) is 4.99 Å². The van der Waals surface area contributed by atoms with E-state index in [1.165, 1.54) is 34.8 Å². The van der Waals surface area contributed by atoms with Crippen LogP contribution in [-0.4, -0.2) is 74.2 Å². The van der Waals surface area contributed by atoms with Crippen LogP contribution in [0.2, 0.25) is 0 Å². The summed E-state index contributed by atoms with van der Waals surface area (Å²) in [4.78, 5) is 15.4. The lowest BCUT2D eigenvalue weighted by Crippen LogP contribution is -2.57. The zero-order chi connectivity index (χ0) is 18.6. The number of nitrogens with zero attached hydrogens (tertiary/aromatic N) is 4. The molecule has 0 radical (unpaired) electrons. The molecular weight excluding hydrogens is 346 g/mol. The number of guanidine groups is 1. The van der Waals surface area contributed by atoms with E-state index >= 15 is 0 Å². The third-order valence-electron chi connectivity index (χ3n) is 5.78. The third-order valence-corrected chi connectivity index (χ3v) is 6.93. The van der Waals surface area contributed by atoms with Gasteiger partial charge in [-0.15, -0.1) is 11.3 Å². The molecule has 2 aliphatic rings. The highest BCUT2D eigenvalue weighted by molar-refractivity contribution is 7.11. The fourth-order valence-corrected chi connectivity index (χ4v) is 5.12. The summed E-state index contributed by atoms with van der Waals surface area (Å²) in [6, 6.07) is 0. The van der Waals surface area contributed by atoms with Crippen LogP contribution in [0.4, 0.5) is 0 Å². The summed E-state index contributed by atoms with van der Waals surface area (Å²) in [7, 11) is 8.29. The molecule has 146 valence electrons. The zero-order valence-corrected chi connectivity index (χ0v) is 17.5. The van der Waals surface area contributed by atoms with Crippen LogP contribution in [0.3, 0.4) is 0 Å². The standard InChI is InChI=1S/C19H33N5OS/c1-20-18(21-14-19(23(2)3)9-11-25-12-10-19)24(4)13-17-22-15-7-5-6-8-16(15)26-17/h5-14H2,1-4H3,(H,20,21). The molecule has 1 aliphatic heterocycles. The lowest BCUT2D eigenvalue weighted by atomic mass is 9.88. The fraction of sp³-hybridized carbons (Fsp3) is 0.789. The fourth-order valence-electron chi connectivity index (χ4n) is 3.91. The number of aliphatic imine (C=N–C) groups is 1. The number of hydrogen-bond acceptors (Lipinski definition) is 5. The van der Waals surface area contributed by atoms with Crippen LogP contribution in [0.15, 0.2) is 4.99 Å². The molecule has 0 spiro atoms. The number of nitrogens with one attached hydrogen (secondary N) is 1. The van der Waals surface area contributed by atoms with E-state index in [1.54, 1.807) is 0 Å². The number of rotatable bonds is 5. The van der Waals surface area contributed by atoms with Crippen molar-refractivity contribution in [3.8, 4) is 0 Å². The van der Waals surface area contributed by atoms with Crippen LogP contribution < -0.4 is 5.32 Å². The van der Waals surface area contributed by atoms with Gasteiger partial charge >= 0.3 is 0 Å². The van der Waals surface area contributed by atoms with Crippen LogP contribution in [0, 0.1) is 0 Å². The van der Waals surface area contributed by atoms with Gasteiger partial charge in [-0.2, -0.15) is 0 Å². The van der Waals surface area contributed by atoms with Gasteiger partial charge in [-0.1, -0.05) is 0 Å². The number of aromatic nitrogens is 1. The highest BCUT2D eigenvalue weighted by atomic mass is 32.1. The Hall–Kier alpha value is -1.18. The summed E-state index contributed by atoms with van der Waals surface area (Å²) in [5, 5.41) is 4.80. The van der Waals surface area contributed by atoms with Crippen molar-refractivity contribution in [3.05, 3.63) is 15.6 Å². The SMILES string of the molecule is CN=C(NCC1(N(C)C)CCOCC1)N(C)Cc1nc2c(s1)CCCC2. The minimum Gasteiger partial charge on any atom is -0.381 e. The Morgan fingerprint density at radius 2 is 1.96 bits per heavy atom. The van der Waals surface area contributed by atoms with Crippen molar-refractivity contribution in [1.82, 2.24) is 20.1 Å². The molecule has 6 nitrogen and oxygen atoms in total. The van der Waals surface area contributed by atoms with Gasteiger partial charge in [0.15, 0.2) is 5.96 Å². The van der Waals surface area contributed by atoms with E-state index in [2.05, 4.69) is 41.3 Å². The van der Waals surface area contributed by atoms with Gasteiger partial charge in [-0.25, -0.2) is 4.98 Å².